The number of carboxylic acid groups (broad SMARTS) is 1. The first-order valence-electron chi connectivity index (χ1n) is 5.66. The molecule has 2 aromatic rings. The standard InChI is InChI=1S/C13H14N2O4/c1-15-10-6-9(19-2)4-3-8(10)5-11(15)13(18)14-7-12(16)17/h3-6H,7H2,1-2H3,(H,14,18)(H,16,17). The molecule has 0 saturated heterocycles. The maximum atomic E-state index is 11.9. The Hall–Kier alpha value is -2.50. The van der Waals surface area contributed by atoms with Gasteiger partial charge in [-0.2, -0.15) is 0 Å². The number of hydrogen-bond donors (Lipinski definition) is 2. The highest BCUT2D eigenvalue weighted by molar-refractivity contribution is 5.99. The smallest absolute Gasteiger partial charge is 0.322 e. The van der Waals surface area contributed by atoms with Gasteiger partial charge in [-0.15, -0.1) is 0 Å². The molecule has 2 rings (SSSR count). The molecule has 0 spiro atoms. The number of nitrogens with one attached hydrogen (secondary N) is 1. The molecule has 6 heteroatoms. The fourth-order valence-corrected chi connectivity index (χ4v) is 1.90. The van der Waals surface area contributed by atoms with E-state index >= 15 is 0 Å². The van der Waals surface area contributed by atoms with Gasteiger partial charge < -0.3 is 19.7 Å². The Labute approximate surface area is 109 Å². The van der Waals surface area contributed by atoms with Crippen molar-refractivity contribution >= 4 is 22.8 Å². The van der Waals surface area contributed by atoms with Crippen LogP contribution >= 0.6 is 0 Å². The molecular formula is C13H14N2O4. The molecule has 100 valence electrons. The molecule has 1 amide bonds. The first-order valence-corrected chi connectivity index (χ1v) is 5.66. The molecule has 0 saturated carbocycles. The van der Waals surface area contributed by atoms with Gasteiger partial charge in [-0.05, 0) is 18.2 Å². The second-order valence-corrected chi connectivity index (χ2v) is 4.09. The van der Waals surface area contributed by atoms with Crippen LogP contribution in [0.5, 0.6) is 5.75 Å². The van der Waals surface area contributed by atoms with Crippen LogP contribution in [0.25, 0.3) is 10.9 Å². The summed E-state index contributed by atoms with van der Waals surface area (Å²) in [4.78, 5) is 22.3. The van der Waals surface area contributed by atoms with Crippen LogP contribution in [-0.2, 0) is 11.8 Å². The molecule has 2 N–H and O–H groups in total. The van der Waals surface area contributed by atoms with E-state index < -0.39 is 18.4 Å². The number of aryl methyl sites for hydroxylation is 1. The van der Waals surface area contributed by atoms with Gasteiger partial charge >= 0.3 is 5.97 Å². The summed E-state index contributed by atoms with van der Waals surface area (Å²) in [6.07, 6.45) is 0. The molecule has 0 aliphatic carbocycles. The highest BCUT2D eigenvalue weighted by Gasteiger charge is 2.14. The molecule has 1 aromatic heterocycles. The molecular weight excluding hydrogens is 248 g/mol. The lowest BCUT2D eigenvalue weighted by molar-refractivity contribution is -0.135. The van der Waals surface area contributed by atoms with E-state index in [4.69, 9.17) is 9.84 Å². The lowest BCUT2D eigenvalue weighted by Crippen LogP contribution is -2.30. The fourth-order valence-electron chi connectivity index (χ4n) is 1.90. The van der Waals surface area contributed by atoms with E-state index in [1.54, 1.807) is 30.9 Å². The number of aromatic nitrogens is 1. The average molecular weight is 262 g/mol. The first kappa shape index (κ1) is 12.9. The summed E-state index contributed by atoms with van der Waals surface area (Å²) in [6.45, 7) is -0.399. The third-order valence-electron chi connectivity index (χ3n) is 2.89. The second-order valence-electron chi connectivity index (χ2n) is 4.09. The highest BCUT2D eigenvalue weighted by Crippen LogP contribution is 2.23. The molecule has 0 atom stereocenters. The van der Waals surface area contributed by atoms with Crippen LogP contribution in [0.1, 0.15) is 10.5 Å². The van der Waals surface area contributed by atoms with E-state index in [9.17, 15) is 9.59 Å². The molecule has 0 radical (unpaired) electrons. The minimum absolute atomic E-state index is 0.399. The summed E-state index contributed by atoms with van der Waals surface area (Å²) in [6, 6.07) is 7.19. The van der Waals surface area contributed by atoms with Crippen molar-refractivity contribution < 1.29 is 19.4 Å². The zero-order chi connectivity index (χ0) is 14.0. The van der Waals surface area contributed by atoms with Crippen molar-refractivity contribution in [2.75, 3.05) is 13.7 Å². The van der Waals surface area contributed by atoms with Gasteiger partial charge in [0.1, 0.15) is 18.0 Å². The number of rotatable bonds is 4. The van der Waals surface area contributed by atoms with Crippen molar-refractivity contribution in [3.8, 4) is 5.75 Å². The van der Waals surface area contributed by atoms with E-state index in [1.165, 1.54) is 0 Å². The van der Waals surface area contributed by atoms with Gasteiger partial charge in [-0.25, -0.2) is 0 Å². The van der Waals surface area contributed by atoms with Gasteiger partial charge in [0, 0.05) is 18.5 Å². The Kier molecular flexibility index (Phi) is 3.41. The number of fused-ring (bicyclic) bond motifs is 1. The summed E-state index contributed by atoms with van der Waals surface area (Å²) in [5, 5.41) is 11.8. The Bertz CT molecular complexity index is 645. The monoisotopic (exact) mass is 262 g/mol. The largest absolute Gasteiger partial charge is 0.497 e. The first-order chi connectivity index (χ1) is 9.02. The molecule has 0 unspecified atom stereocenters. The fraction of sp³-hybridized carbons (Fsp3) is 0.231. The van der Waals surface area contributed by atoms with Crippen LogP contribution in [0.3, 0.4) is 0 Å². The van der Waals surface area contributed by atoms with Crippen LogP contribution in [0.15, 0.2) is 24.3 Å². The quantitative estimate of drug-likeness (QED) is 0.861. The maximum Gasteiger partial charge on any atom is 0.322 e. The Morgan fingerprint density at radius 3 is 2.74 bits per heavy atom. The number of amides is 1. The number of carbonyl (C=O) groups is 2. The van der Waals surface area contributed by atoms with Crippen LogP contribution in [0, 0.1) is 0 Å². The van der Waals surface area contributed by atoms with Gasteiger partial charge in [0.15, 0.2) is 0 Å². The zero-order valence-corrected chi connectivity index (χ0v) is 10.6. The predicted octanol–water partition coefficient (Wildman–Crippen LogP) is 1.00. The summed E-state index contributed by atoms with van der Waals surface area (Å²) in [5.41, 5.74) is 1.25. The minimum atomic E-state index is -1.08. The number of ether oxygens (including phenoxy) is 1. The number of nitrogens with zero attached hydrogens (tertiary/aromatic N) is 1. The molecule has 1 heterocycles. The Morgan fingerprint density at radius 2 is 2.11 bits per heavy atom. The molecule has 0 fully saturated rings. The molecule has 1 aromatic carbocycles. The number of benzene rings is 1. The van der Waals surface area contributed by atoms with Gasteiger partial charge in [-0.1, -0.05) is 0 Å². The molecule has 6 nitrogen and oxygen atoms in total. The third-order valence-corrected chi connectivity index (χ3v) is 2.89. The average Bonchev–Trinajstić information content (AvgIpc) is 2.73. The van der Waals surface area contributed by atoms with Gasteiger partial charge in [0.2, 0.25) is 0 Å². The van der Waals surface area contributed by atoms with Gasteiger partial charge in [-0.3, -0.25) is 9.59 Å². The summed E-state index contributed by atoms with van der Waals surface area (Å²) in [7, 11) is 3.32. The van der Waals surface area contributed by atoms with Crippen molar-refractivity contribution in [1.82, 2.24) is 9.88 Å². The van der Waals surface area contributed by atoms with E-state index in [1.807, 2.05) is 12.1 Å². The van der Waals surface area contributed by atoms with E-state index in [0.29, 0.717) is 11.4 Å². The van der Waals surface area contributed by atoms with Crippen molar-refractivity contribution in [2.24, 2.45) is 7.05 Å². The normalized spacial score (nSPS) is 10.4. The number of carbonyl (C=O) groups excluding carboxylic acids is 1. The molecule has 19 heavy (non-hydrogen) atoms. The number of methoxy groups -OCH3 is 1. The zero-order valence-electron chi connectivity index (χ0n) is 10.6. The minimum Gasteiger partial charge on any atom is -0.497 e. The number of carboxylic acids is 1. The highest BCUT2D eigenvalue weighted by atomic mass is 16.5. The van der Waals surface area contributed by atoms with Crippen LogP contribution in [0.2, 0.25) is 0 Å². The van der Waals surface area contributed by atoms with Crippen molar-refractivity contribution in [3.05, 3.63) is 30.0 Å². The van der Waals surface area contributed by atoms with Crippen LogP contribution in [-0.4, -0.2) is 35.2 Å². The SMILES string of the molecule is COc1ccc2cc(C(=O)NCC(=O)O)n(C)c2c1. The van der Waals surface area contributed by atoms with Crippen LogP contribution < -0.4 is 10.1 Å². The van der Waals surface area contributed by atoms with E-state index in [2.05, 4.69) is 5.32 Å². The predicted molar refractivity (Wildman–Crippen MR) is 69.4 cm³/mol. The van der Waals surface area contributed by atoms with Gasteiger partial charge in [0.25, 0.3) is 5.91 Å². The topological polar surface area (TPSA) is 80.6 Å². The lowest BCUT2D eigenvalue weighted by atomic mass is 10.2. The van der Waals surface area contributed by atoms with Crippen molar-refractivity contribution in [2.45, 2.75) is 0 Å². The van der Waals surface area contributed by atoms with Crippen LogP contribution in [0.4, 0.5) is 0 Å². The summed E-state index contributed by atoms with van der Waals surface area (Å²) >= 11 is 0. The van der Waals surface area contributed by atoms with E-state index in [0.717, 1.165) is 10.9 Å². The molecule has 0 bridgehead atoms. The maximum absolute atomic E-state index is 11.9. The van der Waals surface area contributed by atoms with E-state index in [-0.39, 0.29) is 0 Å². The Balaban J connectivity index is 2.36. The molecule has 0 aliphatic rings. The third kappa shape index (κ3) is 2.52. The van der Waals surface area contributed by atoms with Gasteiger partial charge in [0.05, 0.1) is 12.6 Å². The van der Waals surface area contributed by atoms with Crippen molar-refractivity contribution in [1.29, 1.82) is 0 Å². The lowest BCUT2D eigenvalue weighted by Gasteiger charge is -2.05. The number of hydrogen-bond acceptors (Lipinski definition) is 3. The summed E-state index contributed by atoms with van der Waals surface area (Å²) < 4.78 is 6.84. The number of aliphatic carboxylic acids is 1. The van der Waals surface area contributed by atoms with Crippen molar-refractivity contribution in [3.63, 3.8) is 0 Å². The molecule has 0 aliphatic heterocycles. The Morgan fingerprint density at radius 1 is 1.37 bits per heavy atom. The second kappa shape index (κ2) is 5.01. The summed E-state index contributed by atoms with van der Waals surface area (Å²) in [5.74, 6) is -0.792.